The largest absolute Gasteiger partial charge is 0.368 e. The third-order valence-electron chi connectivity index (χ3n) is 4.02. The van der Waals surface area contributed by atoms with Crippen LogP contribution in [0.4, 0.5) is 0 Å². The van der Waals surface area contributed by atoms with Crippen LogP contribution in [0.1, 0.15) is 39.0 Å². The zero-order valence-electron chi connectivity index (χ0n) is 11.5. The van der Waals surface area contributed by atoms with E-state index in [9.17, 15) is 4.79 Å². The van der Waals surface area contributed by atoms with Gasteiger partial charge in [-0.1, -0.05) is 19.8 Å². The Labute approximate surface area is 110 Å². The van der Waals surface area contributed by atoms with Crippen molar-refractivity contribution in [2.75, 3.05) is 32.8 Å². The highest BCUT2D eigenvalue weighted by molar-refractivity contribution is 5.77. The quantitative estimate of drug-likeness (QED) is 0.828. The van der Waals surface area contributed by atoms with Gasteiger partial charge in [-0.3, -0.25) is 4.79 Å². The summed E-state index contributed by atoms with van der Waals surface area (Å²) in [6.45, 7) is 6.17. The van der Waals surface area contributed by atoms with E-state index in [1.54, 1.807) is 0 Å². The van der Waals surface area contributed by atoms with Crippen LogP contribution < -0.4 is 5.32 Å². The van der Waals surface area contributed by atoms with E-state index in [2.05, 4.69) is 12.2 Å². The van der Waals surface area contributed by atoms with E-state index in [1.807, 2.05) is 4.90 Å². The second kappa shape index (κ2) is 7.10. The van der Waals surface area contributed by atoms with Crippen LogP contribution in [0.15, 0.2) is 0 Å². The lowest BCUT2D eigenvalue weighted by Crippen LogP contribution is -2.38. The standard InChI is InChI=1S/C14H26N2O2/c1-12-4-2-5-13(10-12)18-11-14(17)16-8-3-6-15-7-9-16/h12-13,15H,2-11H2,1H3. The van der Waals surface area contributed by atoms with Crippen LogP contribution in [-0.4, -0.2) is 49.7 Å². The molecule has 0 aromatic rings. The van der Waals surface area contributed by atoms with Crippen LogP contribution in [0.3, 0.4) is 0 Å². The fourth-order valence-electron chi connectivity index (χ4n) is 2.91. The first-order valence-corrected chi connectivity index (χ1v) is 7.36. The predicted molar refractivity (Wildman–Crippen MR) is 71.4 cm³/mol. The molecule has 2 atom stereocenters. The van der Waals surface area contributed by atoms with Gasteiger partial charge in [-0.05, 0) is 31.7 Å². The van der Waals surface area contributed by atoms with E-state index >= 15 is 0 Å². The summed E-state index contributed by atoms with van der Waals surface area (Å²) in [5, 5.41) is 3.31. The first-order valence-electron chi connectivity index (χ1n) is 7.36. The Morgan fingerprint density at radius 3 is 3.00 bits per heavy atom. The Balaban J connectivity index is 1.70. The van der Waals surface area contributed by atoms with Gasteiger partial charge in [-0.2, -0.15) is 0 Å². The van der Waals surface area contributed by atoms with Gasteiger partial charge < -0.3 is 15.0 Å². The molecule has 2 aliphatic rings. The van der Waals surface area contributed by atoms with Gasteiger partial charge in [-0.15, -0.1) is 0 Å². The van der Waals surface area contributed by atoms with Gasteiger partial charge in [0.2, 0.25) is 5.91 Å². The zero-order valence-corrected chi connectivity index (χ0v) is 11.5. The van der Waals surface area contributed by atoms with Crippen molar-refractivity contribution in [1.29, 1.82) is 0 Å². The van der Waals surface area contributed by atoms with Gasteiger partial charge in [0.25, 0.3) is 0 Å². The molecule has 0 radical (unpaired) electrons. The Hall–Kier alpha value is -0.610. The van der Waals surface area contributed by atoms with Crippen molar-refractivity contribution in [1.82, 2.24) is 10.2 Å². The van der Waals surface area contributed by atoms with Gasteiger partial charge in [0.1, 0.15) is 6.61 Å². The molecule has 2 unspecified atom stereocenters. The summed E-state index contributed by atoms with van der Waals surface area (Å²) in [5.74, 6) is 0.915. The predicted octanol–water partition coefficient (Wildman–Crippen LogP) is 1.40. The molecular formula is C14H26N2O2. The number of rotatable bonds is 3. The van der Waals surface area contributed by atoms with Gasteiger partial charge >= 0.3 is 0 Å². The molecule has 1 aliphatic heterocycles. The summed E-state index contributed by atoms with van der Waals surface area (Å²) in [5.41, 5.74) is 0. The van der Waals surface area contributed by atoms with Crippen LogP contribution in [-0.2, 0) is 9.53 Å². The Morgan fingerprint density at radius 2 is 2.17 bits per heavy atom. The van der Waals surface area contributed by atoms with Crippen molar-refractivity contribution in [3.05, 3.63) is 0 Å². The van der Waals surface area contributed by atoms with E-state index in [1.165, 1.54) is 12.8 Å². The lowest BCUT2D eigenvalue weighted by molar-refractivity contribution is -0.139. The van der Waals surface area contributed by atoms with E-state index < -0.39 is 0 Å². The molecule has 4 heteroatoms. The van der Waals surface area contributed by atoms with Crippen molar-refractivity contribution >= 4 is 5.91 Å². The zero-order chi connectivity index (χ0) is 12.8. The number of nitrogens with zero attached hydrogens (tertiary/aromatic N) is 1. The van der Waals surface area contributed by atoms with Crippen LogP contribution in [0.25, 0.3) is 0 Å². The first-order chi connectivity index (χ1) is 8.75. The topological polar surface area (TPSA) is 41.6 Å². The van der Waals surface area contributed by atoms with Gasteiger partial charge in [0.15, 0.2) is 0 Å². The number of carbonyl (C=O) groups excluding carboxylic acids is 1. The average Bonchev–Trinajstić information content (AvgIpc) is 2.65. The second-order valence-corrected chi connectivity index (χ2v) is 5.69. The number of hydrogen-bond donors (Lipinski definition) is 1. The van der Waals surface area contributed by atoms with E-state index in [-0.39, 0.29) is 12.5 Å². The Kier molecular flexibility index (Phi) is 5.45. The highest BCUT2D eigenvalue weighted by Crippen LogP contribution is 2.25. The van der Waals surface area contributed by atoms with Gasteiger partial charge in [0.05, 0.1) is 6.10 Å². The molecule has 0 aromatic carbocycles. The average molecular weight is 254 g/mol. The number of ether oxygens (including phenoxy) is 1. The van der Waals surface area contributed by atoms with Crippen LogP contribution in [0.5, 0.6) is 0 Å². The SMILES string of the molecule is CC1CCCC(OCC(=O)N2CCCNCC2)C1. The Bertz CT molecular complexity index is 263. The van der Waals surface area contributed by atoms with Crippen LogP contribution in [0.2, 0.25) is 0 Å². The maximum atomic E-state index is 12.0. The molecule has 1 saturated carbocycles. The van der Waals surface area contributed by atoms with E-state index in [0.29, 0.717) is 6.10 Å². The molecule has 0 bridgehead atoms. The van der Waals surface area contributed by atoms with Gasteiger partial charge in [-0.25, -0.2) is 0 Å². The third-order valence-corrected chi connectivity index (χ3v) is 4.02. The molecule has 1 amide bonds. The highest BCUT2D eigenvalue weighted by atomic mass is 16.5. The maximum Gasteiger partial charge on any atom is 0.248 e. The summed E-state index contributed by atoms with van der Waals surface area (Å²) >= 11 is 0. The Morgan fingerprint density at radius 1 is 1.28 bits per heavy atom. The molecule has 0 aromatic heterocycles. The number of carbonyl (C=O) groups is 1. The fraction of sp³-hybridized carbons (Fsp3) is 0.929. The number of hydrogen-bond acceptors (Lipinski definition) is 3. The molecule has 0 spiro atoms. The van der Waals surface area contributed by atoms with Crippen molar-refractivity contribution in [3.63, 3.8) is 0 Å². The van der Waals surface area contributed by atoms with E-state index in [4.69, 9.17) is 4.74 Å². The summed E-state index contributed by atoms with van der Waals surface area (Å²) < 4.78 is 5.80. The summed E-state index contributed by atoms with van der Waals surface area (Å²) in [7, 11) is 0. The fourth-order valence-corrected chi connectivity index (χ4v) is 2.91. The molecule has 1 saturated heterocycles. The molecule has 1 heterocycles. The molecule has 2 rings (SSSR count). The minimum absolute atomic E-state index is 0.164. The number of nitrogens with one attached hydrogen (secondary N) is 1. The number of amides is 1. The molecule has 1 N–H and O–H groups in total. The molecule has 18 heavy (non-hydrogen) atoms. The van der Waals surface area contributed by atoms with Crippen molar-refractivity contribution < 1.29 is 9.53 Å². The van der Waals surface area contributed by atoms with Crippen LogP contribution >= 0.6 is 0 Å². The molecule has 1 aliphatic carbocycles. The van der Waals surface area contributed by atoms with Crippen molar-refractivity contribution in [3.8, 4) is 0 Å². The van der Waals surface area contributed by atoms with Crippen molar-refractivity contribution in [2.45, 2.75) is 45.1 Å². The van der Waals surface area contributed by atoms with Crippen LogP contribution in [0, 0.1) is 5.92 Å². The summed E-state index contributed by atoms with van der Waals surface area (Å²) in [4.78, 5) is 14.0. The first kappa shape index (κ1) is 13.8. The summed E-state index contributed by atoms with van der Waals surface area (Å²) in [6, 6.07) is 0. The highest BCUT2D eigenvalue weighted by Gasteiger charge is 2.22. The van der Waals surface area contributed by atoms with E-state index in [0.717, 1.165) is 51.4 Å². The third kappa shape index (κ3) is 4.25. The minimum Gasteiger partial charge on any atom is -0.368 e. The minimum atomic E-state index is 0.164. The lowest BCUT2D eigenvalue weighted by Gasteiger charge is -2.27. The molecule has 2 fully saturated rings. The normalized spacial score (nSPS) is 29.9. The molecule has 4 nitrogen and oxygen atoms in total. The maximum absolute atomic E-state index is 12.0. The molecular weight excluding hydrogens is 228 g/mol. The monoisotopic (exact) mass is 254 g/mol. The van der Waals surface area contributed by atoms with Gasteiger partial charge in [0, 0.05) is 19.6 Å². The summed E-state index contributed by atoms with van der Waals surface area (Å²) in [6.07, 6.45) is 6.15. The van der Waals surface area contributed by atoms with Crippen molar-refractivity contribution in [2.24, 2.45) is 5.92 Å². The smallest absolute Gasteiger partial charge is 0.248 e. The molecule has 104 valence electrons. The second-order valence-electron chi connectivity index (χ2n) is 5.69. The lowest BCUT2D eigenvalue weighted by atomic mass is 9.89.